The van der Waals surface area contributed by atoms with Crippen LogP contribution in [0.2, 0.25) is 0 Å². The molecule has 0 bridgehead atoms. The van der Waals surface area contributed by atoms with E-state index in [4.69, 9.17) is 0 Å². The van der Waals surface area contributed by atoms with Gasteiger partial charge in [-0.3, -0.25) is 10.1 Å². The van der Waals surface area contributed by atoms with Crippen molar-refractivity contribution in [3.8, 4) is 0 Å². The molecule has 2 unspecified atom stereocenters. The van der Waals surface area contributed by atoms with Gasteiger partial charge in [0.05, 0.1) is 6.10 Å². The highest BCUT2D eigenvalue weighted by Gasteiger charge is 2.29. The second-order valence-corrected chi connectivity index (χ2v) is 4.27. The number of rotatable bonds is 3. The zero-order valence-electron chi connectivity index (χ0n) is 9.45. The van der Waals surface area contributed by atoms with Crippen LogP contribution in [0.15, 0.2) is 18.2 Å². The van der Waals surface area contributed by atoms with Crippen molar-refractivity contribution in [3.05, 3.63) is 29.3 Å². The maximum atomic E-state index is 11.7. The molecule has 0 radical (unpaired) electrons. The first-order valence-corrected chi connectivity index (χ1v) is 5.41. The predicted molar refractivity (Wildman–Crippen MR) is 62.2 cm³/mol. The van der Waals surface area contributed by atoms with Crippen LogP contribution < -0.4 is 10.6 Å². The Morgan fingerprint density at radius 2 is 2.31 bits per heavy atom. The molecule has 1 amide bonds. The second-order valence-electron chi connectivity index (χ2n) is 4.27. The molecule has 1 aliphatic heterocycles. The molecule has 0 saturated heterocycles. The van der Waals surface area contributed by atoms with Crippen molar-refractivity contribution in [2.45, 2.75) is 26.0 Å². The van der Waals surface area contributed by atoms with Crippen LogP contribution in [0.5, 0.6) is 0 Å². The highest BCUT2D eigenvalue weighted by molar-refractivity contribution is 6.02. The molecule has 4 heteroatoms. The third-order valence-electron chi connectivity index (χ3n) is 2.66. The quantitative estimate of drug-likeness (QED) is 0.711. The first-order chi connectivity index (χ1) is 7.58. The van der Waals surface area contributed by atoms with Crippen LogP contribution in [0.4, 0.5) is 5.69 Å². The van der Waals surface area contributed by atoms with Gasteiger partial charge in [-0.1, -0.05) is 17.7 Å². The molecular weight excluding hydrogens is 204 g/mol. The Kier molecular flexibility index (Phi) is 2.94. The fourth-order valence-corrected chi connectivity index (χ4v) is 1.87. The number of aliphatic hydroxyl groups is 1. The van der Waals surface area contributed by atoms with E-state index in [1.165, 1.54) is 0 Å². The van der Waals surface area contributed by atoms with Crippen molar-refractivity contribution in [1.29, 1.82) is 0 Å². The van der Waals surface area contributed by atoms with Crippen LogP contribution >= 0.6 is 0 Å². The van der Waals surface area contributed by atoms with Crippen molar-refractivity contribution < 1.29 is 9.90 Å². The lowest BCUT2D eigenvalue weighted by Gasteiger charge is -2.13. The predicted octanol–water partition coefficient (Wildman–Crippen LogP) is 0.959. The van der Waals surface area contributed by atoms with Gasteiger partial charge in [-0.05, 0) is 19.9 Å². The summed E-state index contributed by atoms with van der Waals surface area (Å²) in [6.07, 6.45) is -0.457. The number of nitrogens with one attached hydrogen (secondary N) is 2. The third kappa shape index (κ3) is 2.08. The summed E-state index contributed by atoms with van der Waals surface area (Å²) in [6.45, 7) is 4.09. The van der Waals surface area contributed by atoms with Gasteiger partial charge >= 0.3 is 0 Å². The zero-order valence-corrected chi connectivity index (χ0v) is 9.45. The maximum Gasteiger partial charge on any atom is 0.246 e. The van der Waals surface area contributed by atoms with Crippen LogP contribution in [0.25, 0.3) is 0 Å². The van der Waals surface area contributed by atoms with Crippen molar-refractivity contribution in [1.82, 2.24) is 5.32 Å². The van der Waals surface area contributed by atoms with Crippen molar-refractivity contribution in [2.75, 3.05) is 11.9 Å². The fraction of sp³-hybridized carbons (Fsp3) is 0.417. The number of carbonyl (C=O) groups excluding carboxylic acids is 1. The molecule has 16 heavy (non-hydrogen) atoms. The monoisotopic (exact) mass is 220 g/mol. The second kappa shape index (κ2) is 4.23. The number of aliphatic hydroxyl groups excluding tert-OH is 1. The number of hydrogen-bond acceptors (Lipinski definition) is 3. The summed E-state index contributed by atoms with van der Waals surface area (Å²) in [5.74, 6) is -0.0544. The number of amides is 1. The lowest BCUT2D eigenvalue weighted by Crippen LogP contribution is -2.32. The lowest BCUT2D eigenvalue weighted by molar-refractivity contribution is -0.117. The molecule has 86 valence electrons. The molecule has 0 fully saturated rings. The summed E-state index contributed by atoms with van der Waals surface area (Å²) in [5.41, 5.74) is 2.95. The Balaban J connectivity index is 2.21. The summed E-state index contributed by atoms with van der Waals surface area (Å²) in [4.78, 5) is 11.7. The van der Waals surface area contributed by atoms with Gasteiger partial charge < -0.3 is 10.4 Å². The molecule has 1 aliphatic rings. The molecule has 0 spiro atoms. The first kappa shape index (κ1) is 11.1. The average molecular weight is 220 g/mol. The molecule has 0 aromatic heterocycles. The molecule has 2 atom stereocenters. The molecule has 1 aromatic carbocycles. The van der Waals surface area contributed by atoms with E-state index in [-0.39, 0.29) is 11.9 Å². The van der Waals surface area contributed by atoms with E-state index >= 15 is 0 Å². The van der Waals surface area contributed by atoms with Gasteiger partial charge in [0.2, 0.25) is 5.91 Å². The summed E-state index contributed by atoms with van der Waals surface area (Å²) >= 11 is 0. The molecule has 1 aromatic rings. The van der Waals surface area contributed by atoms with Gasteiger partial charge in [0.1, 0.15) is 6.04 Å². The number of carbonyl (C=O) groups is 1. The number of benzene rings is 1. The van der Waals surface area contributed by atoms with Gasteiger partial charge in [0.15, 0.2) is 0 Å². The van der Waals surface area contributed by atoms with Gasteiger partial charge in [-0.15, -0.1) is 0 Å². The molecule has 4 nitrogen and oxygen atoms in total. The first-order valence-electron chi connectivity index (χ1n) is 5.41. The topological polar surface area (TPSA) is 61.4 Å². The van der Waals surface area contributed by atoms with Crippen LogP contribution in [0.1, 0.15) is 24.1 Å². The molecular formula is C12H16N2O2. The molecule has 2 rings (SSSR count). The van der Waals surface area contributed by atoms with Crippen LogP contribution in [0.3, 0.4) is 0 Å². The SMILES string of the molecule is Cc1ccc2c(c1)C(NCC(C)O)C(=O)N2. The van der Waals surface area contributed by atoms with Crippen LogP contribution in [-0.2, 0) is 4.79 Å². The largest absolute Gasteiger partial charge is 0.392 e. The van der Waals surface area contributed by atoms with Crippen LogP contribution in [-0.4, -0.2) is 23.7 Å². The van der Waals surface area contributed by atoms with E-state index in [1.807, 2.05) is 25.1 Å². The Morgan fingerprint density at radius 1 is 1.56 bits per heavy atom. The van der Waals surface area contributed by atoms with Gasteiger partial charge in [-0.25, -0.2) is 0 Å². The number of fused-ring (bicyclic) bond motifs is 1. The smallest absolute Gasteiger partial charge is 0.246 e. The van der Waals surface area contributed by atoms with E-state index < -0.39 is 6.10 Å². The van der Waals surface area contributed by atoms with Gasteiger partial charge in [0, 0.05) is 17.8 Å². The normalized spacial score (nSPS) is 20.4. The lowest BCUT2D eigenvalue weighted by atomic mass is 10.1. The molecule has 0 aliphatic carbocycles. The molecule has 3 N–H and O–H groups in total. The summed E-state index contributed by atoms with van der Waals surface area (Å²) in [7, 11) is 0. The van der Waals surface area contributed by atoms with E-state index in [0.29, 0.717) is 6.54 Å². The van der Waals surface area contributed by atoms with Crippen LogP contribution in [0, 0.1) is 6.92 Å². The zero-order chi connectivity index (χ0) is 11.7. The standard InChI is InChI=1S/C12H16N2O2/c1-7-3-4-10-9(5-7)11(12(16)14-10)13-6-8(2)15/h3-5,8,11,13,15H,6H2,1-2H3,(H,14,16). The van der Waals surface area contributed by atoms with E-state index in [1.54, 1.807) is 6.92 Å². The van der Waals surface area contributed by atoms with Crippen molar-refractivity contribution >= 4 is 11.6 Å². The summed E-state index contributed by atoms with van der Waals surface area (Å²) in [5, 5.41) is 15.1. The minimum Gasteiger partial charge on any atom is -0.392 e. The fourth-order valence-electron chi connectivity index (χ4n) is 1.87. The van der Waals surface area contributed by atoms with E-state index in [2.05, 4.69) is 10.6 Å². The molecule has 1 heterocycles. The Hall–Kier alpha value is -1.39. The van der Waals surface area contributed by atoms with Gasteiger partial charge in [-0.2, -0.15) is 0 Å². The van der Waals surface area contributed by atoms with Gasteiger partial charge in [0.25, 0.3) is 0 Å². The van der Waals surface area contributed by atoms with Crippen molar-refractivity contribution in [3.63, 3.8) is 0 Å². The molecule has 0 saturated carbocycles. The maximum absolute atomic E-state index is 11.7. The Labute approximate surface area is 94.7 Å². The third-order valence-corrected chi connectivity index (χ3v) is 2.66. The average Bonchev–Trinajstić information content (AvgIpc) is 2.51. The Bertz CT molecular complexity index is 415. The van der Waals surface area contributed by atoms with Crippen molar-refractivity contribution in [2.24, 2.45) is 0 Å². The highest BCUT2D eigenvalue weighted by atomic mass is 16.3. The Morgan fingerprint density at radius 3 is 3.00 bits per heavy atom. The minimum absolute atomic E-state index is 0.0544. The van der Waals surface area contributed by atoms with E-state index in [0.717, 1.165) is 16.8 Å². The summed E-state index contributed by atoms with van der Waals surface area (Å²) < 4.78 is 0. The highest BCUT2D eigenvalue weighted by Crippen LogP contribution is 2.31. The number of aryl methyl sites for hydroxylation is 1. The summed E-state index contributed by atoms with van der Waals surface area (Å²) in [6, 6.07) is 5.53. The number of hydrogen-bond donors (Lipinski definition) is 3. The number of anilines is 1. The van der Waals surface area contributed by atoms with E-state index in [9.17, 15) is 9.90 Å². The minimum atomic E-state index is -0.457.